The number of hydrogen-bond donors (Lipinski definition) is 0. The van der Waals surface area contributed by atoms with Gasteiger partial charge < -0.3 is 0 Å². The zero-order valence-corrected chi connectivity index (χ0v) is 30.8. The molecular weight excluding hydrogens is 675 g/mol. The highest BCUT2D eigenvalue weighted by molar-refractivity contribution is 6.06. The van der Waals surface area contributed by atoms with E-state index in [-0.39, 0.29) is 11.8 Å². The molecular formula is C55H37N. The number of allylic oxidation sites excluding steroid dienone is 2. The summed E-state index contributed by atoms with van der Waals surface area (Å²) >= 11 is 0. The molecule has 2 aliphatic carbocycles. The van der Waals surface area contributed by atoms with Crippen LogP contribution in [0.25, 0.3) is 67.4 Å². The highest BCUT2D eigenvalue weighted by Crippen LogP contribution is 2.51. The van der Waals surface area contributed by atoms with Crippen molar-refractivity contribution in [2.75, 3.05) is 0 Å². The van der Waals surface area contributed by atoms with Gasteiger partial charge in [-0.1, -0.05) is 176 Å². The largest absolute Gasteiger partial charge is 0.248 e. The fourth-order valence-corrected chi connectivity index (χ4v) is 9.29. The third-order valence-corrected chi connectivity index (χ3v) is 11.8. The molecule has 262 valence electrons. The van der Waals surface area contributed by atoms with E-state index in [0.717, 1.165) is 22.2 Å². The van der Waals surface area contributed by atoms with Crippen LogP contribution in [-0.2, 0) is 0 Å². The van der Waals surface area contributed by atoms with Crippen LogP contribution in [0.4, 0.5) is 0 Å². The average Bonchev–Trinajstić information content (AvgIpc) is 3.86. The fraction of sp³-hybridized carbons (Fsp3) is 0.0364. The Bertz CT molecular complexity index is 2900. The minimum atomic E-state index is 0.0612. The molecule has 1 heteroatoms. The van der Waals surface area contributed by atoms with Gasteiger partial charge in [-0.05, 0) is 114 Å². The van der Waals surface area contributed by atoms with Gasteiger partial charge in [0.1, 0.15) is 0 Å². The van der Waals surface area contributed by atoms with Crippen LogP contribution in [0.2, 0.25) is 0 Å². The number of fused-ring (bicyclic) bond motifs is 4. The maximum absolute atomic E-state index is 5.46. The molecule has 0 saturated heterocycles. The maximum atomic E-state index is 5.46. The van der Waals surface area contributed by atoms with Crippen molar-refractivity contribution in [3.8, 4) is 22.4 Å². The monoisotopic (exact) mass is 711 g/mol. The molecule has 2 atom stereocenters. The van der Waals surface area contributed by atoms with Gasteiger partial charge in [0, 0.05) is 22.8 Å². The molecule has 0 spiro atoms. The second-order valence-corrected chi connectivity index (χ2v) is 15.0. The molecule has 0 saturated carbocycles. The van der Waals surface area contributed by atoms with E-state index < -0.39 is 0 Å². The van der Waals surface area contributed by atoms with E-state index in [1.807, 2.05) is 0 Å². The van der Waals surface area contributed by atoms with E-state index in [1.54, 1.807) is 0 Å². The lowest BCUT2D eigenvalue weighted by Crippen LogP contribution is -2.07. The summed E-state index contributed by atoms with van der Waals surface area (Å²) in [6.07, 6.45) is 4.80. The van der Waals surface area contributed by atoms with E-state index in [0.29, 0.717) is 0 Å². The number of pyridine rings is 1. The number of hydrogen-bond acceptors (Lipinski definition) is 1. The van der Waals surface area contributed by atoms with Crippen molar-refractivity contribution in [2.24, 2.45) is 0 Å². The molecule has 1 nitrogen and oxygen atoms in total. The third-order valence-electron chi connectivity index (χ3n) is 11.8. The normalized spacial score (nSPS) is 15.7. The number of nitrogens with zero attached hydrogens (tertiary/aromatic N) is 1. The summed E-state index contributed by atoms with van der Waals surface area (Å²) in [4.78, 5) is 5.46. The van der Waals surface area contributed by atoms with Crippen molar-refractivity contribution < 1.29 is 0 Å². The van der Waals surface area contributed by atoms with Gasteiger partial charge >= 0.3 is 0 Å². The standard InChI is InChI=1S/C55H37N/c1-3-16-37(17-4-1)49-33-39-21-8-11-25-45(39)54(49)42-30-41(31-43(32-42)55-46-26-12-9-22-40(46)34-50(55)38-18-5-2-6-19-38)53-35-51(48-27-13-14-29-52(48)56-53)47-28-15-23-36-20-7-10-24-44(36)47/h1-35,54-55H. The SMILES string of the molecule is C1=C(c2ccccc2)C(c2cc(-c3cc(-c4cccc5ccccc45)c4ccccc4n3)cc(C3C(c4ccccc4)=Cc4ccccc43)c2)c2ccccc21. The van der Waals surface area contributed by atoms with E-state index in [1.165, 1.54) is 77.6 Å². The highest BCUT2D eigenvalue weighted by Gasteiger charge is 2.32. The quantitative estimate of drug-likeness (QED) is 0.167. The molecule has 0 amide bonds. The van der Waals surface area contributed by atoms with Gasteiger partial charge in [-0.2, -0.15) is 0 Å². The van der Waals surface area contributed by atoms with E-state index in [2.05, 4.69) is 212 Å². The first kappa shape index (κ1) is 32.3. The molecule has 0 radical (unpaired) electrons. The minimum Gasteiger partial charge on any atom is -0.248 e. The van der Waals surface area contributed by atoms with Gasteiger partial charge in [0.15, 0.2) is 0 Å². The smallest absolute Gasteiger partial charge is 0.0716 e. The molecule has 8 aromatic carbocycles. The first-order valence-corrected chi connectivity index (χ1v) is 19.5. The highest BCUT2D eigenvalue weighted by atomic mass is 14.7. The minimum absolute atomic E-state index is 0.0612. The van der Waals surface area contributed by atoms with Crippen molar-refractivity contribution in [1.82, 2.24) is 4.98 Å². The van der Waals surface area contributed by atoms with Crippen LogP contribution < -0.4 is 0 Å². The summed E-state index contributed by atoms with van der Waals surface area (Å²) < 4.78 is 0. The molecule has 0 aliphatic heterocycles. The molecule has 2 unspecified atom stereocenters. The summed E-state index contributed by atoms with van der Waals surface area (Å²) in [5, 5.41) is 3.63. The van der Waals surface area contributed by atoms with Crippen LogP contribution in [0.1, 0.15) is 56.3 Å². The van der Waals surface area contributed by atoms with Crippen LogP contribution in [0.3, 0.4) is 0 Å². The van der Waals surface area contributed by atoms with Crippen LogP contribution in [0, 0.1) is 0 Å². The predicted octanol–water partition coefficient (Wildman–Crippen LogP) is 14.1. The van der Waals surface area contributed by atoms with Crippen LogP contribution >= 0.6 is 0 Å². The lowest BCUT2D eigenvalue weighted by Gasteiger charge is -2.24. The third kappa shape index (κ3) is 5.43. The molecule has 0 fully saturated rings. The summed E-state index contributed by atoms with van der Waals surface area (Å²) in [6.45, 7) is 0. The number of aromatic nitrogens is 1. The van der Waals surface area contributed by atoms with Gasteiger partial charge in [-0.3, -0.25) is 0 Å². The number of benzene rings is 8. The molecule has 1 aromatic heterocycles. The number of rotatable bonds is 6. The zero-order valence-electron chi connectivity index (χ0n) is 30.8. The summed E-state index contributed by atoms with van der Waals surface area (Å²) in [7, 11) is 0. The topological polar surface area (TPSA) is 12.9 Å². The van der Waals surface area contributed by atoms with Crippen molar-refractivity contribution >= 4 is 45.0 Å². The Morgan fingerprint density at radius 1 is 0.357 bits per heavy atom. The lowest BCUT2D eigenvalue weighted by molar-refractivity contribution is 1.02. The van der Waals surface area contributed by atoms with E-state index in [4.69, 9.17) is 4.98 Å². The van der Waals surface area contributed by atoms with Crippen LogP contribution in [-0.4, -0.2) is 4.98 Å². The van der Waals surface area contributed by atoms with Gasteiger partial charge in [0.05, 0.1) is 11.2 Å². The Balaban J connectivity index is 1.18. The Kier molecular flexibility index (Phi) is 7.70. The van der Waals surface area contributed by atoms with Crippen LogP contribution in [0.5, 0.6) is 0 Å². The first-order chi connectivity index (χ1) is 27.8. The van der Waals surface area contributed by atoms with Gasteiger partial charge in [-0.15, -0.1) is 0 Å². The molecule has 0 bridgehead atoms. The Labute approximate surface area is 327 Å². The van der Waals surface area contributed by atoms with Crippen molar-refractivity contribution in [3.63, 3.8) is 0 Å². The molecule has 2 aliphatic rings. The van der Waals surface area contributed by atoms with Crippen molar-refractivity contribution in [2.45, 2.75) is 11.8 Å². The molecule has 56 heavy (non-hydrogen) atoms. The average molecular weight is 712 g/mol. The first-order valence-electron chi connectivity index (χ1n) is 19.5. The molecule has 11 rings (SSSR count). The molecule has 9 aromatic rings. The maximum Gasteiger partial charge on any atom is 0.0716 e. The number of para-hydroxylation sites is 1. The summed E-state index contributed by atoms with van der Waals surface area (Å²) in [5.41, 5.74) is 18.4. The lowest BCUT2D eigenvalue weighted by atomic mass is 9.79. The Hall–Kier alpha value is -7.09. The van der Waals surface area contributed by atoms with E-state index in [9.17, 15) is 0 Å². The van der Waals surface area contributed by atoms with Crippen molar-refractivity contribution in [3.05, 3.63) is 245 Å². The molecule has 0 N–H and O–H groups in total. The zero-order chi connectivity index (χ0) is 37.0. The van der Waals surface area contributed by atoms with Crippen LogP contribution in [0.15, 0.2) is 200 Å². The van der Waals surface area contributed by atoms with Gasteiger partial charge in [0.25, 0.3) is 0 Å². The second kappa shape index (κ2) is 13.3. The fourth-order valence-electron chi connectivity index (χ4n) is 9.29. The Morgan fingerprint density at radius 2 is 0.875 bits per heavy atom. The second-order valence-electron chi connectivity index (χ2n) is 15.0. The Morgan fingerprint density at radius 3 is 1.52 bits per heavy atom. The van der Waals surface area contributed by atoms with Gasteiger partial charge in [-0.25, -0.2) is 4.98 Å². The van der Waals surface area contributed by atoms with Gasteiger partial charge in [0.2, 0.25) is 0 Å². The summed E-state index contributed by atoms with van der Waals surface area (Å²) in [6, 6.07) is 73.2. The van der Waals surface area contributed by atoms with Crippen molar-refractivity contribution in [1.29, 1.82) is 0 Å². The summed E-state index contributed by atoms with van der Waals surface area (Å²) in [5.74, 6) is 0.122. The van der Waals surface area contributed by atoms with E-state index >= 15 is 0 Å². The predicted molar refractivity (Wildman–Crippen MR) is 235 cm³/mol. The molecule has 1 heterocycles.